The van der Waals surface area contributed by atoms with Crippen molar-refractivity contribution in [2.45, 2.75) is 0 Å². The van der Waals surface area contributed by atoms with E-state index in [4.69, 9.17) is 25.9 Å². The smallest absolute Gasteiger partial charge is 0.364 e. The Morgan fingerprint density at radius 2 is 1.75 bits per heavy atom. The molecule has 24 heavy (non-hydrogen) atoms. The molecule has 4 rings (SSSR count). The lowest BCUT2D eigenvalue weighted by Crippen LogP contribution is -2.32. The standard InChI is InChI=1S/C16H8ClNO6/c17-11-5-8(6-12-13(11)23-7-22-12)16(21)24-18-14(19)9-3-1-2-4-10(9)15(18)20/h1-6H,7H2. The van der Waals surface area contributed by atoms with Crippen LogP contribution in [0, 0.1) is 0 Å². The Bertz CT molecular complexity index is 874. The minimum atomic E-state index is -0.912. The first-order valence-corrected chi connectivity index (χ1v) is 7.23. The predicted molar refractivity (Wildman–Crippen MR) is 79.9 cm³/mol. The second-order valence-electron chi connectivity index (χ2n) is 5.02. The van der Waals surface area contributed by atoms with Crippen molar-refractivity contribution in [3.63, 3.8) is 0 Å². The van der Waals surface area contributed by atoms with E-state index in [1.165, 1.54) is 24.3 Å². The van der Waals surface area contributed by atoms with Crippen LogP contribution in [0.2, 0.25) is 5.02 Å². The number of hydroxylamine groups is 2. The molecule has 120 valence electrons. The van der Waals surface area contributed by atoms with E-state index in [0.717, 1.165) is 0 Å². The summed E-state index contributed by atoms with van der Waals surface area (Å²) in [5.41, 5.74) is 0.388. The molecule has 2 aromatic rings. The molecule has 2 heterocycles. The molecule has 7 nitrogen and oxygen atoms in total. The SMILES string of the molecule is O=C(ON1C(=O)c2ccccc2C1=O)c1cc(Cl)c2c(c1)OCO2. The number of hydrogen-bond acceptors (Lipinski definition) is 6. The molecule has 0 atom stereocenters. The average Bonchev–Trinajstić information content (AvgIpc) is 3.15. The number of benzene rings is 2. The molecular weight excluding hydrogens is 338 g/mol. The van der Waals surface area contributed by atoms with E-state index in [-0.39, 0.29) is 34.3 Å². The topological polar surface area (TPSA) is 82.1 Å². The van der Waals surface area contributed by atoms with Crippen LogP contribution in [0.25, 0.3) is 0 Å². The van der Waals surface area contributed by atoms with Crippen LogP contribution >= 0.6 is 11.6 Å². The van der Waals surface area contributed by atoms with E-state index in [9.17, 15) is 14.4 Å². The molecule has 0 unspecified atom stereocenters. The summed E-state index contributed by atoms with van der Waals surface area (Å²) in [7, 11) is 0. The highest BCUT2D eigenvalue weighted by Crippen LogP contribution is 2.40. The first-order valence-electron chi connectivity index (χ1n) is 6.85. The second-order valence-corrected chi connectivity index (χ2v) is 5.43. The summed E-state index contributed by atoms with van der Waals surface area (Å²) in [5, 5.41) is 0.602. The van der Waals surface area contributed by atoms with Gasteiger partial charge in [0, 0.05) is 0 Å². The van der Waals surface area contributed by atoms with Crippen LogP contribution < -0.4 is 9.47 Å². The van der Waals surface area contributed by atoms with E-state index in [1.807, 2.05) is 0 Å². The first-order chi connectivity index (χ1) is 11.6. The van der Waals surface area contributed by atoms with E-state index < -0.39 is 17.8 Å². The molecule has 0 fully saturated rings. The van der Waals surface area contributed by atoms with Crippen molar-refractivity contribution in [1.29, 1.82) is 0 Å². The van der Waals surface area contributed by atoms with Crippen LogP contribution in [-0.4, -0.2) is 29.6 Å². The van der Waals surface area contributed by atoms with Crippen molar-refractivity contribution in [3.8, 4) is 11.5 Å². The summed E-state index contributed by atoms with van der Waals surface area (Å²) in [6, 6.07) is 8.89. The highest BCUT2D eigenvalue weighted by atomic mass is 35.5. The van der Waals surface area contributed by atoms with Gasteiger partial charge in [0.15, 0.2) is 11.5 Å². The number of ether oxygens (including phenoxy) is 2. The van der Waals surface area contributed by atoms with Gasteiger partial charge in [0.1, 0.15) is 0 Å². The third kappa shape index (κ3) is 2.10. The van der Waals surface area contributed by atoms with Crippen molar-refractivity contribution >= 4 is 29.4 Å². The number of amides is 2. The van der Waals surface area contributed by atoms with Crippen LogP contribution in [0.5, 0.6) is 11.5 Å². The minimum absolute atomic E-state index is 0.00798. The summed E-state index contributed by atoms with van der Waals surface area (Å²) >= 11 is 6.01. The lowest BCUT2D eigenvalue weighted by molar-refractivity contribution is -0.0584. The maximum absolute atomic E-state index is 12.3. The van der Waals surface area contributed by atoms with E-state index in [1.54, 1.807) is 12.1 Å². The summed E-state index contributed by atoms with van der Waals surface area (Å²) in [4.78, 5) is 41.6. The zero-order chi connectivity index (χ0) is 16.8. The molecule has 0 saturated carbocycles. The summed E-state index contributed by atoms with van der Waals surface area (Å²) in [6.45, 7) is -0.00798. The highest BCUT2D eigenvalue weighted by Gasteiger charge is 2.39. The zero-order valence-electron chi connectivity index (χ0n) is 11.9. The lowest BCUT2D eigenvalue weighted by Gasteiger charge is -2.13. The number of carbonyl (C=O) groups excluding carboxylic acids is 3. The van der Waals surface area contributed by atoms with Gasteiger partial charge in [0.2, 0.25) is 6.79 Å². The van der Waals surface area contributed by atoms with Gasteiger partial charge in [-0.2, -0.15) is 0 Å². The van der Waals surface area contributed by atoms with Gasteiger partial charge in [-0.1, -0.05) is 28.8 Å². The number of imide groups is 1. The highest BCUT2D eigenvalue weighted by molar-refractivity contribution is 6.32. The van der Waals surface area contributed by atoms with Gasteiger partial charge in [-0.3, -0.25) is 9.59 Å². The van der Waals surface area contributed by atoms with Crippen LogP contribution in [0.4, 0.5) is 0 Å². The number of nitrogens with zero attached hydrogens (tertiary/aromatic N) is 1. The Hall–Kier alpha value is -3.06. The van der Waals surface area contributed by atoms with Crippen molar-refractivity contribution < 1.29 is 28.7 Å². The van der Waals surface area contributed by atoms with Gasteiger partial charge >= 0.3 is 5.97 Å². The maximum Gasteiger partial charge on any atom is 0.364 e. The largest absolute Gasteiger partial charge is 0.454 e. The number of rotatable bonds is 2. The first kappa shape index (κ1) is 14.5. The Morgan fingerprint density at radius 1 is 1.08 bits per heavy atom. The van der Waals surface area contributed by atoms with E-state index in [2.05, 4.69) is 0 Å². The Kier molecular flexibility index (Phi) is 3.17. The molecule has 2 aliphatic rings. The lowest BCUT2D eigenvalue weighted by atomic mass is 10.1. The molecule has 0 radical (unpaired) electrons. The summed E-state index contributed by atoms with van der Waals surface area (Å²) in [6.07, 6.45) is 0. The fourth-order valence-corrected chi connectivity index (χ4v) is 2.74. The van der Waals surface area contributed by atoms with E-state index >= 15 is 0 Å². The number of fused-ring (bicyclic) bond motifs is 2. The minimum Gasteiger partial charge on any atom is -0.454 e. The Morgan fingerprint density at radius 3 is 2.42 bits per heavy atom. The monoisotopic (exact) mass is 345 g/mol. The molecule has 0 aliphatic carbocycles. The molecule has 8 heteroatoms. The molecule has 0 aromatic heterocycles. The molecule has 2 amide bonds. The summed E-state index contributed by atoms with van der Waals surface area (Å²) < 4.78 is 10.3. The predicted octanol–water partition coefficient (Wildman–Crippen LogP) is 2.44. The molecule has 2 aliphatic heterocycles. The normalized spacial score (nSPS) is 14.8. The van der Waals surface area contributed by atoms with E-state index in [0.29, 0.717) is 10.8 Å². The zero-order valence-corrected chi connectivity index (χ0v) is 12.7. The molecule has 2 aromatic carbocycles. The van der Waals surface area contributed by atoms with Crippen molar-refractivity contribution in [1.82, 2.24) is 5.06 Å². The van der Waals surface area contributed by atoms with Gasteiger partial charge in [-0.05, 0) is 24.3 Å². The van der Waals surface area contributed by atoms with Gasteiger partial charge in [0.25, 0.3) is 11.8 Å². The van der Waals surface area contributed by atoms with Crippen molar-refractivity contribution in [2.24, 2.45) is 0 Å². The maximum atomic E-state index is 12.3. The molecular formula is C16H8ClNO6. The van der Waals surface area contributed by atoms with Gasteiger partial charge in [-0.15, -0.1) is 0 Å². The van der Waals surface area contributed by atoms with Gasteiger partial charge in [0.05, 0.1) is 21.7 Å². The third-order valence-electron chi connectivity index (χ3n) is 3.59. The van der Waals surface area contributed by atoms with Gasteiger partial charge in [-0.25, -0.2) is 4.79 Å². The number of halogens is 1. The Labute approximate surface area is 140 Å². The molecule has 0 bridgehead atoms. The van der Waals surface area contributed by atoms with Crippen molar-refractivity contribution in [3.05, 3.63) is 58.1 Å². The second kappa shape index (κ2) is 5.24. The van der Waals surface area contributed by atoms with Crippen LogP contribution in [0.15, 0.2) is 36.4 Å². The molecule has 0 spiro atoms. The summed E-state index contributed by atoms with van der Waals surface area (Å²) in [5.74, 6) is -1.69. The third-order valence-corrected chi connectivity index (χ3v) is 3.87. The molecule has 0 N–H and O–H groups in total. The Balaban J connectivity index is 1.61. The number of hydrogen-bond donors (Lipinski definition) is 0. The quantitative estimate of drug-likeness (QED) is 0.777. The van der Waals surface area contributed by atoms with Gasteiger partial charge < -0.3 is 14.3 Å². The molecule has 0 saturated heterocycles. The van der Waals surface area contributed by atoms with Crippen LogP contribution in [0.1, 0.15) is 31.1 Å². The fourth-order valence-electron chi connectivity index (χ4n) is 2.47. The average molecular weight is 346 g/mol. The van der Waals surface area contributed by atoms with Crippen molar-refractivity contribution in [2.75, 3.05) is 6.79 Å². The number of carbonyl (C=O) groups is 3. The van der Waals surface area contributed by atoms with Crippen LogP contribution in [-0.2, 0) is 4.84 Å². The van der Waals surface area contributed by atoms with Crippen LogP contribution in [0.3, 0.4) is 0 Å². The fraction of sp³-hybridized carbons (Fsp3) is 0.0625.